The molecule has 4 aliphatic rings. The van der Waals surface area contributed by atoms with Gasteiger partial charge in [0.05, 0.1) is 24.0 Å². The van der Waals surface area contributed by atoms with Gasteiger partial charge in [-0.25, -0.2) is 4.79 Å². The minimum atomic E-state index is -0.393. The van der Waals surface area contributed by atoms with E-state index in [0.29, 0.717) is 6.54 Å². The van der Waals surface area contributed by atoms with Crippen molar-refractivity contribution in [2.24, 2.45) is 23.7 Å². The molecule has 7 heteroatoms. The Balaban J connectivity index is 1.17. The van der Waals surface area contributed by atoms with Crippen molar-refractivity contribution in [1.29, 1.82) is 0 Å². The van der Waals surface area contributed by atoms with Gasteiger partial charge >= 0.3 is 6.03 Å². The molecule has 2 bridgehead atoms. The zero-order valence-electron chi connectivity index (χ0n) is 13.6. The second-order valence-corrected chi connectivity index (χ2v) is 7.29. The van der Waals surface area contributed by atoms with Crippen molar-refractivity contribution in [3.63, 3.8) is 0 Å². The molecular formula is C18H19N3O4. The third-order valence-electron chi connectivity index (χ3n) is 6.06. The fourth-order valence-electron chi connectivity index (χ4n) is 4.93. The smallest absolute Gasteiger partial charge is 0.316 e. The summed E-state index contributed by atoms with van der Waals surface area (Å²) in [6, 6.07) is 9.15. The van der Waals surface area contributed by atoms with Gasteiger partial charge in [0.2, 0.25) is 11.8 Å². The van der Waals surface area contributed by atoms with Gasteiger partial charge in [-0.3, -0.25) is 14.5 Å². The Bertz CT molecular complexity index is 720. The number of fused-ring (bicyclic) bond motifs is 8. The molecule has 0 spiro atoms. The lowest BCUT2D eigenvalue weighted by molar-refractivity contribution is -0.141. The van der Waals surface area contributed by atoms with Gasteiger partial charge in [-0.2, -0.15) is 0 Å². The van der Waals surface area contributed by atoms with Crippen LogP contribution >= 0.6 is 0 Å². The standard InChI is InChI=1S/C18H19N3O4/c22-16-12-10-6-11(15-14(10)25-15)13(12)17(23)21(16)8-20-18(24)19-7-9-4-2-1-3-5-9/h1-5,10-15H,6-8H2,(H2,19,20,24)/t10-,11+,12-,13+,14-,15+. The molecule has 130 valence electrons. The first-order valence-electron chi connectivity index (χ1n) is 8.71. The lowest BCUT2D eigenvalue weighted by Crippen LogP contribution is -2.45. The molecular weight excluding hydrogens is 322 g/mol. The lowest BCUT2D eigenvalue weighted by Gasteiger charge is -2.18. The number of amides is 4. The molecule has 2 aliphatic heterocycles. The lowest BCUT2D eigenvalue weighted by atomic mass is 9.81. The zero-order chi connectivity index (χ0) is 17.1. The molecule has 2 aliphatic carbocycles. The number of urea groups is 1. The summed E-state index contributed by atoms with van der Waals surface area (Å²) in [5.74, 6) is -0.410. The molecule has 7 nitrogen and oxygen atoms in total. The van der Waals surface area contributed by atoms with Crippen molar-refractivity contribution in [3.05, 3.63) is 35.9 Å². The summed E-state index contributed by atoms with van der Waals surface area (Å²) < 4.78 is 5.58. The number of rotatable bonds is 4. The van der Waals surface area contributed by atoms with Gasteiger partial charge in [0.25, 0.3) is 0 Å². The number of nitrogens with zero attached hydrogens (tertiary/aromatic N) is 1. The molecule has 2 N–H and O–H groups in total. The number of ether oxygens (including phenoxy) is 1. The molecule has 2 saturated heterocycles. The summed E-state index contributed by atoms with van der Waals surface area (Å²) in [5, 5.41) is 5.35. The van der Waals surface area contributed by atoms with Crippen molar-refractivity contribution in [3.8, 4) is 0 Å². The average Bonchev–Trinajstić information content (AvgIpc) is 3.15. The van der Waals surface area contributed by atoms with Crippen LogP contribution in [0.1, 0.15) is 12.0 Å². The van der Waals surface area contributed by atoms with Crippen molar-refractivity contribution in [1.82, 2.24) is 15.5 Å². The van der Waals surface area contributed by atoms with Crippen molar-refractivity contribution < 1.29 is 19.1 Å². The molecule has 1 aromatic carbocycles. The van der Waals surface area contributed by atoms with Crippen LogP contribution in [-0.4, -0.2) is 41.6 Å². The van der Waals surface area contributed by atoms with Crippen LogP contribution in [0.2, 0.25) is 0 Å². The Labute approximate surface area is 144 Å². The van der Waals surface area contributed by atoms with E-state index in [4.69, 9.17) is 4.74 Å². The van der Waals surface area contributed by atoms with E-state index in [2.05, 4.69) is 10.6 Å². The number of epoxide rings is 1. The van der Waals surface area contributed by atoms with Crippen LogP contribution < -0.4 is 10.6 Å². The Morgan fingerprint density at radius 1 is 1.04 bits per heavy atom. The van der Waals surface area contributed by atoms with Crippen LogP contribution in [0.4, 0.5) is 4.79 Å². The average molecular weight is 341 g/mol. The van der Waals surface area contributed by atoms with E-state index in [1.807, 2.05) is 30.3 Å². The normalized spacial score (nSPS) is 37.0. The molecule has 5 rings (SSSR count). The SMILES string of the molecule is O=C(NCc1ccccc1)NCN1C(=O)[C@@H]2[C@H]3C[C@H]([C@@H]4O[C@H]34)[C@@H]2C1=O. The van der Waals surface area contributed by atoms with Crippen molar-refractivity contribution in [2.75, 3.05) is 6.67 Å². The number of carbonyl (C=O) groups excluding carboxylic acids is 3. The van der Waals surface area contributed by atoms with E-state index in [0.717, 1.165) is 12.0 Å². The monoisotopic (exact) mass is 341 g/mol. The molecule has 4 amide bonds. The second-order valence-electron chi connectivity index (χ2n) is 7.29. The maximum atomic E-state index is 12.6. The Morgan fingerprint density at radius 3 is 2.32 bits per heavy atom. The maximum Gasteiger partial charge on any atom is 0.316 e. The summed E-state index contributed by atoms with van der Waals surface area (Å²) in [5.41, 5.74) is 0.983. The third-order valence-corrected chi connectivity index (χ3v) is 6.06. The van der Waals surface area contributed by atoms with E-state index < -0.39 is 6.03 Å². The van der Waals surface area contributed by atoms with Gasteiger partial charge in [-0.1, -0.05) is 30.3 Å². The Morgan fingerprint density at radius 2 is 1.68 bits per heavy atom. The highest BCUT2D eigenvalue weighted by molar-refractivity contribution is 6.06. The first-order chi connectivity index (χ1) is 12.1. The molecule has 0 radical (unpaired) electrons. The number of hydrogen-bond acceptors (Lipinski definition) is 4. The van der Waals surface area contributed by atoms with E-state index >= 15 is 0 Å². The highest BCUT2D eigenvalue weighted by Gasteiger charge is 2.73. The topological polar surface area (TPSA) is 91.0 Å². The minimum Gasteiger partial charge on any atom is -0.369 e. The first kappa shape index (κ1) is 14.9. The van der Waals surface area contributed by atoms with E-state index in [9.17, 15) is 14.4 Å². The third kappa shape index (κ3) is 2.18. The molecule has 4 fully saturated rings. The molecule has 2 heterocycles. The number of nitrogens with one attached hydrogen (secondary N) is 2. The van der Waals surface area contributed by atoms with Crippen molar-refractivity contribution >= 4 is 17.8 Å². The van der Waals surface area contributed by atoms with E-state index in [1.54, 1.807) is 0 Å². The van der Waals surface area contributed by atoms with Crippen molar-refractivity contribution in [2.45, 2.75) is 25.2 Å². The number of hydrogen-bond donors (Lipinski definition) is 2. The summed E-state index contributed by atoms with van der Waals surface area (Å²) in [6.45, 7) is 0.325. The van der Waals surface area contributed by atoms with E-state index in [-0.39, 0.29) is 54.4 Å². The van der Waals surface area contributed by atoms with Gasteiger partial charge in [0, 0.05) is 18.4 Å². The Kier molecular flexibility index (Phi) is 3.15. The fraction of sp³-hybridized carbons (Fsp3) is 0.500. The Hall–Kier alpha value is -2.41. The molecule has 6 atom stereocenters. The number of imide groups is 1. The fourth-order valence-corrected chi connectivity index (χ4v) is 4.93. The highest BCUT2D eigenvalue weighted by Crippen LogP contribution is 2.63. The zero-order valence-corrected chi connectivity index (χ0v) is 13.6. The van der Waals surface area contributed by atoms with Crippen LogP contribution in [0.25, 0.3) is 0 Å². The summed E-state index contributed by atoms with van der Waals surface area (Å²) in [6.07, 6.45) is 1.30. The summed E-state index contributed by atoms with van der Waals surface area (Å²) in [7, 11) is 0. The molecule has 0 aromatic heterocycles. The molecule has 1 aromatic rings. The number of likely N-dealkylation sites (tertiary alicyclic amines) is 1. The minimum absolute atomic E-state index is 0.0685. The van der Waals surface area contributed by atoms with Gasteiger partial charge in [-0.15, -0.1) is 0 Å². The second kappa shape index (κ2) is 5.29. The molecule has 25 heavy (non-hydrogen) atoms. The van der Waals surface area contributed by atoms with E-state index in [1.165, 1.54) is 4.90 Å². The quantitative estimate of drug-likeness (QED) is 0.615. The van der Waals surface area contributed by atoms with Crippen LogP contribution in [0.15, 0.2) is 30.3 Å². The number of benzene rings is 1. The molecule has 0 unspecified atom stereocenters. The maximum absolute atomic E-state index is 12.6. The van der Waals surface area contributed by atoms with Crippen LogP contribution in [-0.2, 0) is 20.9 Å². The highest BCUT2D eigenvalue weighted by atomic mass is 16.6. The molecule has 2 saturated carbocycles. The van der Waals surface area contributed by atoms with Crippen LogP contribution in [0.3, 0.4) is 0 Å². The summed E-state index contributed by atoms with van der Waals surface area (Å²) >= 11 is 0. The predicted octanol–water partition coefficient (Wildman–Crippen LogP) is 0.462. The van der Waals surface area contributed by atoms with Gasteiger partial charge in [0.15, 0.2) is 0 Å². The van der Waals surface area contributed by atoms with Gasteiger partial charge in [-0.05, 0) is 12.0 Å². The first-order valence-corrected chi connectivity index (χ1v) is 8.71. The van der Waals surface area contributed by atoms with Crippen LogP contribution in [0.5, 0.6) is 0 Å². The number of carbonyl (C=O) groups is 3. The van der Waals surface area contributed by atoms with Gasteiger partial charge in [0.1, 0.15) is 6.67 Å². The van der Waals surface area contributed by atoms with Crippen LogP contribution in [0, 0.1) is 23.7 Å². The van der Waals surface area contributed by atoms with Gasteiger partial charge < -0.3 is 15.4 Å². The summed E-state index contributed by atoms with van der Waals surface area (Å²) in [4.78, 5) is 38.4. The largest absolute Gasteiger partial charge is 0.369 e. The predicted molar refractivity (Wildman–Crippen MR) is 85.8 cm³/mol.